The Balaban J connectivity index is 1.97. The second-order valence-electron chi connectivity index (χ2n) is 7.35. The Morgan fingerprint density at radius 2 is 1.94 bits per heavy atom. The van der Waals surface area contributed by atoms with E-state index in [-0.39, 0.29) is 29.6 Å². The van der Waals surface area contributed by atoms with Crippen LogP contribution in [0.3, 0.4) is 0 Å². The molecule has 32 heavy (non-hydrogen) atoms. The van der Waals surface area contributed by atoms with Gasteiger partial charge in [0.15, 0.2) is 5.37 Å². The van der Waals surface area contributed by atoms with Crippen LogP contribution in [-0.4, -0.2) is 27.1 Å². The van der Waals surface area contributed by atoms with Gasteiger partial charge in [0.25, 0.3) is 0 Å². The Morgan fingerprint density at radius 3 is 2.50 bits per heavy atom. The summed E-state index contributed by atoms with van der Waals surface area (Å²) in [6, 6.07) is -1.40. The van der Waals surface area contributed by atoms with Crippen molar-refractivity contribution in [3.05, 3.63) is 34.5 Å². The first kappa shape index (κ1) is 24.3. The number of nitrogens with zero attached hydrogens (tertiary/aromatic N) is 2. The van der Waals surface area contributed by atoms with Crippen LogP contribution in [0.5, 0.6) is 0 Å². The summed E-state index contributed by atoms with van der Waals surface area (Å²) in [6.07, 6.45) is -2.52. The SMILES string of the molecule is NC(/C(F)=C\NC(F)F)S(N)(=O)=NC(=O)Nc1c2c(nc(C(F)(F)F)c1C1CC1)CCC2. The number of aryl methyl sites for hydroxylation is 1. The summed E-state index contributed by atoms with van der Waals surface area (Å²) < 4.78 is 94.4. The molecule has 1 heterocycles. The molecule has 3 rings (SSSR count). The largest absolute Gasteiger partial charge is 0.433 e. The van der Waals surface area contributed by atoms with Crippen LogP contribution in [0.4, 0.5) is 36.8 Å². The van der Waals surface area contributed by atoms with Crippen LogP contribution in [0, 0.1) is 0 Å². The van der Waals surface area contributed by atoms with Gasteiger partial charge in [0, 0.05) is 17.5 Å². The van der Waals surface area contributed by atoms with E-state index >= 15 is 0 Å². The van der Waals surface area contributed by atoms with Gasteiger partial charge in [-0.25, -0.2) is 23.5 Å². The van der Waals surface area contributed by atoms with Crippen LogP contribution >= 0.6 is 0 Å². The zero-order chi connectivity index (χ0) is 23.8. The van der Waals surface area contributed by atoms with Crippen LogP contribution in [0.25, 0.3) is 0 Å². The van der Waals surface area contributed by atoms with Crippen LogP contribution in [-0.2, 0) is 28.9 Å². The van der Waals surface area contributed by atoms with E-state index in [0.717, 1.165) is 0 Å². The number of hydrogen-bond donors (Lipinski definition) is 4. The number of urea groups is 1. The molecule has 2 unspecified atom stereocenters. The van der Waals surface area contributed by atoms with Crippen molar-refractivity contribution in [1.82, 2.24) is 10.3 Å². The van der Waals surface area contributed by atoms with Crippen LogP contribution in [0.2, 0.25) is 0 Å². The number of rotatable bonds is 6. The van der Waals surface area contributed by atoms with Crippen molar-refractivity contribution in [1.29, 1.82) is 0 Å². The van der Waals surface area contributed by atoms with E-state index in [0.29, 0.717) is 31.2 Å². The van der Waals surface area contributed by atoms with Crippen molar-refractivity contribution < 1.29 is 35.3 Å². The van der Waals surface area contributed by atoms with E-state index in [9.17, 15) is 35.3 Å². The maximum Gasteiger partial charge on any atom is 0.433 e. The predicted molar refractivity (Wildman–Crippen MR) is 103 cm³/mol. The average Bonchev–Trinajstić information content (AvgIpc) is 3.40. The minimum Gasteiger partial charge on any atom is -0.334 e. The van der Waals surface area contributed by atoms with Gasteiger partial charge in [-0.05, 0) is 43.6 Å². The van der Waals surface area contributed by atoms with Gasteiger partial charge in [-0.3, -0.25) is 0 Å². The first-order valence-corrected chi connectivity index (χ1v) is 11.1. The number of aromatic nitrogens is 1. The molecule has 1 aromatic rings. The third-order valence-corrected chi connectivity index (χ3v) is 6.36. The molecule has 0 bridgehead atoms. The molecule has 0 radical (unpaired) electrons. The van der Waals surface area contributed by atoms with Gasteiger partial charge in [0.1, 0.15) is 21.4 Å². The maximum absolute atomic E-state index is 13.8. The van der Waals surface area contributed by atoms with Gasteiger partial charge < -0.3 is 16.4 Å². The molecule has 0 aromatic carbocycles. The molecule has 0 saturated heterocycles. The molecule has 2 amide bonds. The molecule has 1 aromatic heterocycles. The number of carbonyl (C=O) groups excluding carboxylic acids is 1. The number of nitrogens with one attached hydrogen (secondary N) is 2. The van der Waals surface area contributed by atoms with Gasteiger partial charge in [0.05, 0.1) is 5.69 Å². The predicted octanol–water partition coefficient (Wildman–Crippen LogP) is 3.25. The minimum atomic E-state index is -4.76. The average molecular weight is 486 g/mol. The lowest BCUT2D eigenvalue weighted by atomic mass is 10.00. The number of pyridine rings is 1. The zero-order valence-corrected chi connectivity index (χ0v) is 17.2. The fraction of sp³-hybridized carbons (Fsp3) is 0.529. The van der Waals surface area contributed by atoms with Crippen molar-refractivity contribution in [3.63, 3.8) is 0 Å². The summed E-state index contributed by atoms with van der Waals surface area (Å²) in [4.78, 5) is 16.2. The third-order valence-electron chi connectivity index (χ3n) is 4.96. The summed E-state index contributed by atoms with van der Waals surface area (Å²) in [6.45, 7) is -3.14. The number of halogens is 6. The minimum absolute atomic E-state index is 0.116. The molecule has 0 aliphatic heterocycles. The van der Waals surface area contributed by atoms with Crippen LogP contribution in [0.15, 0.2) is 16.4 Å². The molecule has 8 nitrogen and oxygen atoms in total. The summed E-state index contributed by atoms with van der Waals surface area (Å²) >= 11 is 0. The second kappa shape index (κ2) is 8.86. The van der Waals surface area contributed by atoms with E-state index in [1.165, 1.54) is 5.32 Å². The highest BCUT2D eigenvalue weighted by Gasteiger charge is 2.43. The summed E-state index contributed by atoms with van der Waals surface area (Å²) in [7, 11) is -4.32. The lowest BCUT2D eigenvalue weighted by Gasteiger charge is -2.20. The van der Waals surface area contributed by atoms with E-state index in [1.54, 1.807) is 0 Å². The molecule has 2 aliphatic carbocycles. The highest BCUT2D eigenvalue weighted by atomic mass is 32.2. The molecule has 0 spiro atoms. The third kappa shape index (κ3) is 5.32. The van der Waals surface area contributed by atoms with Gasteiger partial charge in [-0.1, -0.05) is 0 Å². The zero-order valence-electron chi connectivity index (χ0n) is 16.4. The summed E-state index contributed by atoms with van der Waals surface area (Å²) in [5.41, 5.74) is 4.53. The highest BCUT2D eigenvalue weighted by molar-refractivity contribution is 7.92. The van der Waals surface area contributed by atoms with Crippen molar-refractivity contribution in [2.75, 3.05) is 5.32 Å². The number of carbonyl (C=O) groups is 1. The van der Waals surface area contributed by atoms with Crippen LogP contribution < -0.4 is 21.5 Å². The summed E-state index contributed by atoms with van der Waals surface area (Å²) in [5, 5.41) is 6.58. The fourth-order valence-corrected chi connectivity index (χ4v) is 4.24. The molecular formula is C17H20F6N6O2S. The lowest BCUT2D eigenvalue weighted by molar-refractivity contribution is -0.141. The monoisotopic (exact) mass is 486 g/mol. The standard InChI is InChI=1S/C17H20F6N6O2S/c18-9(6-26-15(19)20)14(24)32(25,31)29-16(30)28-12-8-2-1-3-10(8)27-13(17(21,22)23)11(12)7-4-5-7/h6-7,14-15,26H,1-5,24H2,(H3,25,27,28,29,30,31)/b9-6+. The van der Waals surface area contributed by atoms with Crippen LogP contribution in [0.1, 0.15) is 47.7 Å². The number of amides is 2. The van der Waals surface area contributed by atoms with E-state index in [1.807, 2.05) is 0 Å². The Hall–Kier alpha value is -2.39. The van der Waals surface area contributed by atoms with Crippen molar-refractivity contribution in [3.8, 4) is 0 Å². The second-order valence-corrected chi connectivity index (χ2v) is 9.27. The highest BCUT2D eigenvalue weighted by Crippen LogP contribution is 2.50. The number of alkyl halides is 5. The molecular weight excluding hydrogens is 466 g/mol. The molecule has 2 atom stereocenters. The quantitative estimate of drug-likeness (QED) is 0.362. The maximum atomic E-state index is 13.8. The van der Waals surface area contributed by atoms with E-state index in [2.05, 4.69) is 14.7 Å². The first-order valence-electron chi connectivity index (χ1n) is 9.44. The first-order chi connectivity index (χ1) is 14.8. The molecule has 178 valence electrons. The van der Waals surface area contributed by atoms with E-state index < -0.39 is 51.5 Å². The fourth-order valence-electron chi connectivity index (χ4n) is 3.43. The Bertz CT molecular complexity index is 1060. The Morgan fingerprint density at radius 1 is 1.28 bits per heavy atom. The molecule has 1 fully saturated rings. The molecule has 2 aliphatic rings. The Labute approximate surface area is 179 Å². The van der Waals surface area contributed by atoms with Gasteiger partial charge in [0.2, 0.25) is 0 Å². The Kier molecular flexibility index (Phi) is 6.72. The van der Waals surface area contributed by atoms with Gasteiger partial charge >= 0.3 is 18.8 Å². The lowest BCUT2D eigenvalue weighted by Crippen LogP contribution is -2.38. The number of nitrogens with two attached hydrogens (primary N) is 2. The van der Waals surface area contributed by atoms with Gasteiger partial charge in [-0.2, -0.15) is 22.0 Å². The number of anilines is 1. The topological polar surface area (TPSA) is 135 Å². The summed E-state index contributed by atoms with van der Waals surface area (Å²) in [5.74, 6) is -2.03. The number of hydrogen-bond acceptors (Lipinski definition) is 5. The van der Waals surface area contributed by atoms with Crippen molar-refractivity contribution >= 4 is 21.6 Å². The molecule has 1 saturated carbocycles. The normalized spacial score (nSPS) is 19.3. The van der Waals surface area contributed by atoms with E-state index in [4.69, 9.17) is 10.9 Å². The smallest absolute Gasteiger partial charge is 0.334 e. The number of fused-ring (bicyclic) bond motifs is 1. The van der Waals surface area contributed by atoms with Crippen molar-refractivity contribution in [2.24, 2.45) is 15.2 Å². The molecule has 6 N–H and O–H groups in total. The van der Waals surface area contributed by atoms with Gasteiger partial charge in [-0.15, -0.1) is 4.36 Å². The van der Waals surface area contributed by atoms with Crippen molar-refractivity contribution in [2.45, 2.75) is 56.1 Å². The molecule has 15 heteroatoms.